The molecule has 1 heterocycles. The molecule has 0 saturated heterocycles. The van der Waals surface area contributed by atoms with Crippen molar-refractivity contribution in [2.45, 2.75) is 64.0 Å². The maximum Gasteiger partial charge on any atom is 0.155 e. The van der Waals surface area contributed by atoms with Gasteiger partial charge in [-0.15, -0.1) is 0 Å². The minimum absolute atomic E-state index is 0.324. The quantitative estimate of drug-likeness (QED) is 0.677. The maximum atomic E-state index is 12.4. The standard InChI is InChI=1S/C23H32N2O2S/c1-23(2,3)28(26,27)17-19-11-9-18(10-12-19)13-14-21-15-25-22(16-24-21)20-7-5-4-6-8-20/h4-8,15-16,18-19H,9-14,17H2,1-3H3. The molecule has 0 unspecified atom stereocenters. The molecular weight excluding hydrogens is 368 g/mol. The van der Waals surface area contributed by atoms with E-state index in [0.717, 1.165) is 55.5 Å². The largest absolute Gasteiger partial charge is 0.257 e. The summed E-state index contributed by atoms with van der Waals surface area (Å²) in [6, 6.07) is 10.1. The van der Waals surface area contributed by atoms with Crippen LogP contribution in [0.4, 0.5) is 0 Å². The molecule has 0 radical (unpaired) electrons. The number of sulfone groups is 1. The molecule has 28 heavy (non-hydrogen) atoms. The Morgan fingerprint density at radius 2 is 1.57 bits per heavy atom. The van der Waals surface area contributed by atoms with Gasteiger partial charge in [0.2, 0.25) is 0 Å². The molecule has 2 aromatic rings. The van der Waals surface area contributed by atoms with Gasteiger partial charge in [0.1, 0.15) is 0 Å². The second-order valence-electron chi connectivity index (χ2n) is 9.08. The number of benzene rings is 1. The van der Waals surface area contributed by atoms with Crippen LogP contribution < -0.4 is 0 Å². The van der Waals surface area contributed by atoms with Crippen molar-refractivity contribution in [3.8, 4) is 11.3 Å². The summed E-state index contributed by atoms with van der Waals surface area (Å²) in [5.74, 6) is 1.34. The van der Waals surface area contributed by atoms with Gasteiger partial charge in [-0.3, -0.25) is 9.97 Å². The Kier molecular flexibility index (Phi) is 6.54. The van der Waals surface area contributed by atoms with Gasteiger partial charge in [-0.1, -0.05) is 43.2 Å². The Hall–Kier alpha value is -1.75. The smallest absolute Gasteiger partial charge is 0.155 e. The SMILES string of the molecule is CC(C)(C)S(=O)(=O)CC1CCC(CCc2cnc(-c3ccccc3)cn2)CC1. The van der Waals surface area contributed by atoms with Crippen LogP contribution in [0.15, 0.2) is 42.7 Å². The van der Waals surface area contributed by atoms with E-state index in [1.165, 1.54) is 0 Å². The lowest BCUT2D eigenvalue weighted by molar-refractivity contribution is 0.277. The highest BCUT2D eigenvalue weighted by molar-refractivity contribution is 7.92. The van der Waals surface area contributed by atoms with Gasteiger partial charge in [0, 0.05) is 11.8 Å². The van der Waals surface area contributed by atoms with Crippen molar-refractivity contribution in [3.05, 3.63) is 48.4 Å². The van der Waals surface area contributed by atoms with E-state index < -0.39 is 14.6 Å². The lowest BCUT2D eigenvalue weighted by atomic mass is 9.80. The van der Waals surface area contributed by atoms with Gasteiger partial charge >= 0.3 is 0 Å². The van der Waals surface area contributed by atoms with Gasteiger partial charge in [0.05, 0.1) is 28.1 Å². The summed E-state index contributed by atoms with van der Waals surface area (Å²) in [5.41, 5.74) is 3.03. The number of rotatable bonds is 6. The van der Waals surface area contributed by atoms with Crippen LogP contribution in [0.25, 0.3) is 11.3 Å². The van der Waals surface area contributed by atoms with E-state index in [2.05, 4.69) is 9.97 Å². The molecule has 1 aliphatic rings. The predicted octanol–water partition coefficient (Wildman–Crippen LogP) is 5.10. The van der Waals surface area contributed by atoms with E-state index in [9.17, 15) is 8.42 Å². The van der Waals surface area contributed by atoms with Crippen LogP contribution in [-0.4, -0.2) is 28.9 Å². The van der Waals surface area contributed by atoms with Crippen molar-refractivity contribution < 1.29 is 8.42 Å². The first-order valence-corrected chi connectivity index (χ1v) is 12.0. The second-order valence-corrected chi connectivity index (χ2v) is 11.9. The zero-order valence-electron chi connectivity index (χ0n) is 17.3. The third-order valence-electron chi connectivity index (χ3n) is 5.94. The van der Waals surface area contributed by atoms with Crippen LogP contribution in [0, 0.1) is 11.8 Å². The molecule has 1 aromatic heterocycles. The minimum atomic E-state index is -3.02. The highest BCUT2D eigenvalue weighted by Crippen LogP contribution is 2.34. The topological polar surface area (TPSA) is 59.9 Å². The van der Waals surface area contributed by atoms with Crippen LogP contribution in [-0.2, 0) is 16.3 Å². The minimum Gasteiger partial charge on any atom is -0.257 e. The molecule has 152 valence electrons. The third-order valence-corrected chi connectivity index (χ3v) is 8.71. The average molecular weight is 401 g/mol. The Balaban J connectivity index is 1.46. The van der Waals surface area contributed by atoms with Crippen molar-refractivity contribution >= 4 is 9.84 Å². The van der Waals surface area contributed by atoms with Crippen LogP contribution in [0.3, 0.4) is 0 Å². The molecule has 1 fully saturated rings. The molecule has 0 spiro atoms. The summed E-state index contributed by atoms with van der Waals surface area (Å²) in [5, 5.41) is 0. The molecule has 4 nitrogen and oxygen atoms in total. The highest BCUT2D eigenvalue weighted by atomic mass is 32.2. The average Bonchev–Trinajstić information content (AvgIpc) is 2.67. The summed E-state index contributed by atoms with van der Waals surface area (Å²) in [7, 11) is -3.02. The van der Waals surface area contributed by atoms with Crippen LogP contribution in [0.5, 0.6) is 0 Å². The normalized spacial score (nSPS) is 20.8. The van der Waals surface area contributed by atoms with Gasteiger partial charge < -0.3 is 0 Å². The fourth-order valence-corrected chi connectivity index (χ4v) is 5.29. The number of aromatic nitrogens is 2. The molecule has 1 aliphatic carbocycles. The van der Waals surface area contributed by atoms with E-state index in [-0.39, 0.29) is 0 Å². The fourth-order valence-electron chi connectivity index (χ4n) is 3.84. The van der Waals surface area contributed by atoms with Gasteiger partial charge in [-0.05, 0) is 58.3 Å². The molecule has 3 rings (SSSR count). The van der Waals surface area contributed by atoms with Crippen molar-refractivity contribution in [1.82, 2.24) is 9.97 Å². The van der Waals surface area contributed by atoms with Gasteiger partial charge in [-0.25, -0.2) is 8.42 Å². The number of nitrogens with zero attached hydrogens (tertiary/aromatic N) is 2. The zero-order valence-corrected chi connectivity index (χ0v) is 18.1. The summed E-state index contributed by atoms with van der Waals surface area (Å²) in [6.07, 6.45) is 10.1. The highest BCUT2D eigenvalue weighted by Gasteiger charge is 2.33. The summed E-state index contributed by atoms with van der Waals surface area (Å²) < 4.78 is 24.2. The van der Waals surface area contributed by atoms with E-state index in [1.807, 2.05) is 42.7 Å². The lowest BCUT2D eigenvalue weighted by Crippen LogP contribution is -2.34. The third kappa shape index (κ3) is 5.40. The van der Waals surface area contributed by atoms with Gasteiger partial charge in [0.15, 0.2) is 9.84 Å². The summed E-state index contributed by atoms with van der Waals surface area (Å²) in [4.78, 5) is 9.15. The number of hydrogen-bond acceptors (Lipinski definition) is 4. The fraction of sp³-hybridized carbons (Fsp3) is 0.565. The first-order chi connectivity index (χ1) is 13.2. The van der Waals surface area contributed by atoms with Crippen molar-refractivity contribution in [1.29, 1.82) is 0 Å². The van der Waals surface area contributed by atoms with Gasteiger partial charge in [-0.2, -0.15) is 0 Å². The second kappa shape index (κ2) is 8.73. The first-order valence-electron chi connectivity index (χ1n) is 10.3. The van der Waals surface area contributed by atoms with Crippen molar-refractivity contribution in [3.63, 3.8) is 0 Å². The summed E-state index contributed by atoms with van der Waals surface area (Å²) >= 11 is 0. The summed E-state index contributed by atoms with van der Waals surface area (Å²) in [6.45, 7) is 5.41. The number of aryl methyl sites for hydroxylation is 1. The van der Waals surface area contributed by atoms with Gasteiger partial charge in [0.25, 0.3) is 0 Å². The van der Waals surface area contributed by atoms with Crippen LogP contribution in [0.1, 0.15) is 58.6 Å². The molecule has 0 atom stereocenters. The lowest BCUT2D eigenvalue weighted by Gasteiger charge is -2.30. The van der Waals surface area contributed by atoms with E-state index >= 15 is 0 Å². The number of hydrogen-bond donors (Lipinski definition) is 0. The molecule has 0 bridgehead atoms. The van der Waals surface area contributed by atoms with E-state index in [4.69, 9.17) is 0 Å². The molecule has 0 amide bonds. The van der Waals surface area contributed by atoms with Crippen LogP contribution in [0.2, 0.25) is 0 Å². The van der Waals surface area contributed by atoms with E-state index in [0.29, 0.717) is 17.6 Å². The Labute approximate surface area is 169 Å². The van der Waals surface area contributed by atoms with Crippen LogP contribution >= 0.6 is 0 Å². The molecule has 5 heteroatoms. The molecule has 0 N–H and O–H groups in total. The molecular formula is C23H32N2O2S. The zero-order chi connectivity index (χ0) is 20.2. The Morgan fingerprint density at radius 3 is 2.14 bits per heavy atom. The molecule has 1 saturated carbocycles. The molecule has 0 aliphatic heterocycles. The maximum absolute atomic E-state index is 12.4. The first kappa shape index (κ1) is 21.0. The van der Waals surface area contributed by atoms with Crippen molar-refractivity contribution in [2.24, 2.45) is 11.8 Å². The predicted molar refractivity (Wildman–Crippen MR) is 115 cm³/mol. The molecule has 1 aromatic carbocycles. The van der Waals surface area contributed by atoms with Crippen molar-refractivity contribution in [2.75, 3.05) is 5.75 Å². The Morgan fingerprint density at radius 1 is 0.929 bits per heavy atom. The Bertz CT molecular complexity index is 848. The van der Waals surface area contributed by atoms with E-state index in [1.54, 1.807) is 20.8 Å². The monoisotopic (exact) mass is 400 g/mol.